The van der Waals surface area contributed by atoms with Crippen LogP contribution in [0.2, 0.25) is 4.34 Å². The number of alkyl halides is 3. The molecule has 0 saturated carbocycles. The fraction of sp³-hybridized carbons (Fsp3) is 0.182. The van der Waals surface area contributed by atoms with Crippen LogP contribution in [0, 0.1) is 0 Å². The topological polar surface area (TPSA) is 79.4 Å². The molecule has 0 unspecified atom stereocenters. The third-order valence-electron chi connectivity index (χ3n) is 5.09. The summed E-state index contributed by atoms with van der Waals surface area (Å²) in [5, 5.41) is 0.968. The number of hydrogen-bond acceptors (Lipinski definition) is 5. The van der Waals surface area contributed by atoms with Gasteiger partial charge < -0.3 is 0 Å². The lowest BCUT2D eigenvalue weighted by molar-refractivity contribution is -0.137. The molecule has 34 heavy (non-hydrogen) atoms. The van der Waals surface area contributed by atoms with E-state index in [4.69, 9.17) is 11.6 Å². The molecule has 0 radical (unpaired) electrons. The zero-order valence-electron chi connectivity index (χ0n) is 17.3. The van der Waals surface area contributed by atoms with Crippen LogP contribution in [0.3, 0.4) is 0 Å². The Morgan fingerprint density at radius 2 is 1.91 bits per heavy atom. The summed E-state index contributed by atoms with van der Waals surface area (Å²) < 4.78 is 67.5. The average molecular weight is 528 g/mol. The van der Waals surface area contributed by atoms with E-state index < -0.39 is 33.7 Å². The second-order valence-corrected chi connectivity index (χ2v) is 10.7. The number of carbonyl (C=O) groups is 1. The number of benzene rings is 1. The highest BCUT2D eigenvalue weighted by molar-refractivity contribution is 7.92. The van der Waals surface area contributed by atoms with Crippen molar-refractivity contribution in [2.45, 2.75) is 18.6 Å². The first kappa shape index (κ1) is 24.4. The highest BCUT2D eigenvalue weighted by atomic mass is 35.5. The van der Waals surface area contributed by atoms with Crippen molar-refractivity contribution in [2.75, 3.05) is 11.4 Å². The van der Waals surface area contributed by atoms with Gasteiger partial charge in [0.25, 0.3) is 0 Å². The highest BCUT2D eigenvalue weighted by Gasteiger charge is 2.36. The Bertz CT molecular complexity index is 1340. The molecule has 12 heteroatoms. The van der Waals surface area contributed by atoms with Crippen LogP contribution in [-0.4, -0.2) is 31.9 Å². The molecule has 3 heterocycles. The molecule has 1 amide bonds. The Hall–Kier alpha value is -2.73. The minimum atomic E-state index is -4.52. The lowest BCUT2D eigenvalue weighted by atomic mass is 10.0. The van der Waals surface area contributed by atoms with Gasteiger partial charge in [0.2, 0.25) is 15.9 Å². The highest BCUT2D eigenvalue weighted by Crippen LogP contribution is 2.37. The van der Waals surface area contributed by atoms with Crippen molar-refractivity contribution in [1.29, 1.82) is 0 Å². The molecule has 3 aromatic rings. The van der Waals surface area contributed by atoms with Crippen molar-refractivity contribution < 1.29 is 26.4 Å². The van der Waals surface area contributed by atoms with Gasteiger partial charge in [0.1, 0.15) is 11.9 Å². The first-order chi connectivity index (χ1) is 16.0. The number of carbonyl (C=O) groups excluding carboxylic acids is 1. The quantitative estimate of drug-likeness (QED) is 0.479. The molecule has 1 saturated heterocycles. The van der Waals surface area contributed by atoms with E-state index >= 15 is 0 Å². The Morgan fingerprint density at radius 1 is 1.15 bits per heavy atom. The normalized spacial score (nSPS) is 17.1. The van der Waals surface area contributed by atoms with Gasteiger partial charge in [0.15, 0.2) is 0 Å². The average Bonchev–Trinajstić information content (AvgIpc) is 3.37. The third kappa shape index (κ3) is 5.49. The van der Waals surface area contributed by atoms with Crippen molar-refractivity contribution in [3.8, 4) is 11.1 Å². The van der Waals surface area contributed by atoms with E-state index in [0.717, 1.165) is 11.5 Å². The number of halogens is 4. The molecule has 1 atom stereocenters. The molecule has 2 aromatic heterocycles. The van der Waals surface area contributed by atoms with Gasteiger partial charge in [-0.1, -0.05) is 29.8 Å². The van der Waals surface area contributed by atoms with Gasteiger partial charge in [-0.2, -0.15) is 17.9 Å². The Balaban J connectivity index is 1.47. The van der Waals surface area contributed by atoms with Gasteiger partial charge in [-0.15, -0.1) is 11.3 Å². The van der Waals surface area contributed by atoms with Crippen molar-refractivity contribution in [3.05, 3.63) is 74.9 Å². The van der Waals surface area contributed by atoms with Crippen LogP contribution in [0.15, 0.2) is 60.1 Å². The predicted octanol–water partition coefficient (Wildman–Crippen LogP) is 5.18. The molecule has 1 aromatic carbocycles. The maximum absolute atomic E-state index is 13.3. The maximum Gasteiger partial charge on any atom is 0.417 e. The van der Waals surface area contributed by atoms with E-state index in [9.17, 15) is 26.4 Å². The van der Waals surface area contributed by atoms with E-state index in [2.05, 4.69) is 9.71 Å². The molecule has 4 rings (SSSR count). The molecular weight excluding hydrogens is 511 g/mol. The van der Waals surface area contributed by atoms with Crippen LogP contribution in [0.25, 0.3) is 17.2 Å². The fourth-order valence-corrected chi connectivity index (χ4v) is 5.59. The molecule has 1 aliphatic heterocycles. The molecular formula is C22H17ClF3N3O3S2. The van der Waals surface area contributed by atoms with Crippen LogP contribution in [-0.2, 0) is 21.0 Å². The summed E-state index contributed by atoms with van der Waals surface area (Å²) in [6, 6.07) is 10.4. The summed E-state index contributed by atoms with van der Waals surface area (Å²) in [4.78, 5) is 18.9. The molecule has 178 valence electrons. The molecule has 0 aliphatic carbocycles. The largest absolute Gasteiger partial charge is 0.417 e. The third-order valence-corrected chi connectivity index (χ3v) is 7.39. The summed E-state index contributed by atoms with van der Waals surface area (Å²) in [6.45, 7) is 0.210. The smallest absolute Gasteiger partial charge is 0.295 e. The number of pyridine rings is 1. The maximum atomic E-state index is 13.3. The SMILES string of the molecule is O=C1[C@@H](NS(=O)(=O)C=Cc2ccc(Cl)s2)CCN1c1ccc(-c2ccccc2C(F)(F)F)cn1. The number of aromatic nitrogens is 1. The number of hydrogen-bond donors (Lipinski definition) is 1. The number of anilines is 1. The number of sulfonamides is 1. The minimum Gasteiger partial charge on any atom is -0.295 e. The van der Waals surface area contributed by atoms with E-state index in [1.807, 2.05) is 0 Å². The summed E-state index contributed by atoms with van der Waals surface area (Å²) in [5.41, 5.74) is -0.556. The molecule has 1 N–H and O–H groups in total. The van der Waals surface area contributed by atoms with Gasteiger partial charge in [-0.3, -0.25) is 9.69 Å². The van der Waals surface area contributed by atoms with E-state index in [1.54, 1.807) is 12.1 Å². The predicted molar refractivity (Wildman–Crippen MR) is 126 cm³/mol. The zero-order valence-corrected chi connectivity index (χ0v) is 19.7. The number of nitrogens with one attached hydrogen (secondary N) is 1. The Morgan fingerprint density at radius 3 is 2.56 bits per heavy atom. The summed E-state index contributed by atoms with van der Waals surface area (Å²) >= 11 is 7.04. The summed E-state index contributed by atoms with van der Waals surface area (Å²) in [6.07, 6.45) is -1.65. The standard InChI is InChI=1S/C22H17ClF3N3O3S2/c23-19-7-6-15(33-19)10-12-34(31,32)28-18-9-11-29(21(18)30)20-8-5-14(13-27-20)16-3-1-2-4-17(16)22(24,25)26/h1-8,10,12-13,18,28H,9,11H2/t18-/m0/s1. The molecule has 1 fully saturated rings. The first-order valence-electron chi connectivity index (χ1n) is 9.93. The van der Waals surface area contributed by atoms with Crippen LogP contribution in [0.5, 0.6) is 0 Å². The van der Waals surface area contributed by atoms with Gasteiger partial charge >= 0.3 is 6.18 Å². The first-order valence-corrected chi connectivity index (χ1v) is 12.7. The lowest BCUT2D eigenvalue weighted by Gasteiger charge is -2.17. The van der Waals surface area contributed by atoms with E-state index in [1.165, 1.54) is 58.8 Å². The van der Waals surface area contributed by atoms with Crippen molar-refractivity contribution >= 4 is 50.8 Å². The van der Waals surface area contributed by atoms with Gasteiger partial charge in [0, 0.05) is 28.6 Å². The number of thiophene rings is 1. The number of nitrogens with zero attached hydrogens (tertiary/aromatic N) is 2. The summed E-state index contributed by atoms with van der Waals surface area (Å²) in [7, 11) is -3.90. The summed E-state index contributed by atoms with van der Waals surface area (Å²) in [5.74, 6) is -0.268. The van der Waals surface area contributed by atoms with Crippen LogP contribution < -0.4 is 9.62 Å². The monoisotopic (exact) mass is 527 g/mol. The Labute approximate surface area is 202 Å². The Kier molecular flexibility index (Phi) is 6.81. The molecule has 6 nitrogen and oxygen atoms in total. The molecule has 0 spiro atoms. The molecule has 1 aliphatic rings. The zero-order chi connectivity index (χ0) is 24.5. The van der Waals surface area contributed by atoms with Crippen LogP contribution in [0.4, 0.5) is 19.0 Å². The van der Waals surface area contributed by atoms with Gasteiger partial charge in [-0.05, 0) is 48.4 Å². The second-order valence-electron chi connectivity index (χ2n) is 7.39. The lowest BCUT2D eigenvalue weighted by Crippen LogP contribution is -2.40. The van der Waals surface area contributed by atoms with Crippen molar-refractivity contribution in [2.24, 2.45) is 0 Å². The van der Waals surface area contributed by atoms with E-state index in [0.29, 0.717) is 9.21 Å². The van der Waals surface area contributed by atoms with Crippen molar-refractivity contribution in [3.63, 3.8) is 0 Å². The van der Waals surface area contributed by atoms with Crippen LogP contribution >= 0.6 is 22.9 Å². The van der Waals surface area contributed by atoms with Crippen molar-refractivity contribution in [1.82, 2.24) is 9.71 Å². The van der Waals surface area contributed by atoms with Gasteiger partial charge in [0.05, 0.1) is 9.90 Å². The van der Waals surface area contributed by atoms with Gasteiger partial charge in [-0.25, -0.2) is 13.4 Å². The number of amides is 1. The second kappa shape index (κ2) is 9.49. The fourth-order valence-electron chi connectivity index (χ4n) is 3.52. The number of rotatable bonds is 6. The molecule has 0 bridgehead atoms. The van der Waals surface area contributed by atoms with E-state index in [-0.39, 0.29) is 29.9 Å². The van der Waals surface area contributed by atoms with Crippen LogP contribution in [0.1, 0.15) is 16.9 Å². The minimum absolute atomic E-state index is 0.0220.